The first-order valence-electron chi connectivity index (χ1n) is 8.35. The van der Waals surface area contributed by atoms with Crippen LogP contribution in [0.4, 0.5) is 0 Å². The molecule has 3 N–H and O–H groups in total. The molecule has 7 nitrogen and oxygen atoms in total. The molecular formula is C20H19N3O4. The van der Waals surface area contributed by atoms with Gasteiger partial charge in [-0.2, -0.15) is 0 Å². The van der Waals surface area contributed by atoms with E-state index < -0.39 is 0 Å². The number of aromatic hydroxyl groups is 2. The summed E-state index contributed by atoms with van der Waals surface area (Å²) in [4.78, 5) is 7.62. The number of imidazole rings is 1. The topological polar surface area (TPSA) is 92.5 Å². The van der Waals surface area contributed by atoms with Gasteiger partial charge in [0, 0.05) is 18.2 Å². The van der Waals surface area contributed by atoms with Crippen molar-refractivity contribution in [2.24, 2.45) is 0 Å². The lowest BCUT2D eigenvalue weighted by Crippen LogP contribution is -1.98. The van der Waals surface area contributed by atoms with Crippen molar-refractivity contribution in [2.75, 3.05) is 14.2 Å². The Morgan fingerprint density at radius 2 is 1.67 bits per heavy atom. The highest BCUT2D eigenvalue weighted by Crippen LogP contribution is 2.44. The molecule has 0 unspecified atom stereocenters. The van der Waals surface area contributed by atoms with Crippen molar-refractivity contribution in [2.45, 2.75) is 6.92 Å². The van der Waals surface area contributed by atoms with Crippen LogP contribution in [-0.4, -0.2) is 39.0 Å². The number of methoxy groups -OCH3 is 2. The van der Waals surface area contributed by atoms with Gasteiger partial charge in [-0.15, -0.1) is 0 Å². The molecule has 0 aliphatic rings. The van der Waals surface area contributed by atoms with Crippen molar-refractivity contribution < 1.29 is 19.7 Å². The summed E-state index contributed by atoms with van der Waals surface area (Å²) in [5.74, 6) is 1.36. The maximum Gasteiger partial charge on any atom is 0.211 e. The van der Waals surface area contributed by atoms with Crippen molar-refractivity contribution in [3.8, 4) is 40.2 Å². The monoisotopic (exact) mass is 365 g/mol. The van der Waals surface area contributed by atoms with Crippen molar-refractivity contribution >= 4 is 11.0 Å². The predicted octanol–water partition coefficient (Wildman–Crippen LogP) is 3.76. The van der Waals surface area contributed by atoms with Gasteiger partial charge in [0.1, 0.15) is 22.9 Å². The fourth-order valence-electron chi connectivity index (χ4n) is 3.19. The molecule has 2 heterocycles. The lowest BCUT2D eigenvalue weighted by atomic mass is 10.2. The Bertz CT molecular complexity index is 1090. The first kappa shape index (κ1) is 16.8. The van der Waals surface area contributed by atoms with Gasteiger partial charge in [-0.3, -0.25) is 4.57 Å². The van der Waals surface area contributed by atoms with E-state index in [1.165, 1.54) is 4.57 Å². The van der Waals surface area contributed by atoms with Gasteiger partial charge in [0.2, 0.25) is 5.88 Å². The molecule has 0 saturated carbocycles. The fourth-order valence-corrected chi connectivity index (χ4v) is 3.19. The number of rotatable bonds is 4. The molecule has 0 saturated heterocycles. The molecule has 4 aromatic rings. The minimum absolute atomic E-state index is 0.0478. The van der Waals surface area contributed by atoms with E-state index >= 15 is 0 Å². The first-order chi connectivity index (χ1) is 13.0. The van der Waals surface area contributed by atoms with Crippen molar-refractivity contribution in [3.63, 3.8) is 0 Å². The number of H-pyrrole nitrogens is 1. The number of hydrogen-bond donors (Lipinski definition) is 3. The van der Waals surface area contributed by atoms with Gasteiger partial charge in [-0.1, -0.05) is 12.1 Å². The van der Waals surface area contributed by atoms with Crippen LogP contribution >= 0.6 is 0 Å². The third kappa shape index (κ3) is 2.64. The highest BCUT2D eigenvalue weighted by atomic mass is 16.5. The van der Waals surface area contributed by atoms with E-state index in [1.54, 1.807) is 39.3 Å². The molecule has 4 rings (SSSR count). The minimum Gasteiger partial charge on any atom is -0.505 e. The molecule has 0 atom stereocenters. The molecule has 2 aromatic carbocycles. The lowest BCUT2D eigenvalue weighted by molar-refractivity contribution is 0.393. The maximum absolute atomic E-state index is 10.9. The van der Waals surface area contributed by atoms with Gasteiger partial charge >= 0.3 is 0 Å². The van der Waals surface area contributed by atoms with Gasteiger partial charge < -0.3 is 24.7 Å². The summed E-state index contributed by atoms with van der Waals surface area (Å²) in [5, 5.41) is 21.6. The summed E-state index contributed by atoms with van der Waals surface area (Å²) in [6, 6.07) is 12.7. The Hall–Kier alpha value is -3.61. The summed E-state index contributed by atoms with van der Waals surface area (Å²) in [6.45, 7) is 1.72. The third-order valence-corrected chi connectivity index (χ3v) is 4.57. The van der Waals surface area contributed by atoms with Crippen LogP contribution in [0.5, 0.6) is 23.1 Å². The highest BCUT2D eigenvalue weighted by Gasteiger charge is 2.25. The number of fused-ring (bicyclic) bond motifs is 1. The van der Waals surface area contributed by atoms with Crippen LogP contribution in [-0.2, 0) is 0 Å². The van der Waals surface area contributed by atoms with Crippen LogP contribution in [0.15, 0.2) is 42.5 Å². The predicted molar refractivity (Wildman–Crippen MR) is 102 cm³/mol. The van der Waals surface area contributed by atoms with Crippen molar-refractivity contribution in [3.05, 3.63) is 48.2 Å². The number of aromatic amines is 1. The quantitative estimate of drug-likeness (QED) is 0.512. The maximum atomic E-state index is 10.9. The van der Waals surface area contributed by atoms with Gasteiger partial charge in [-0.25, -0.2) is 4.98 Å². The number of aromatic nitrogens is 3. The second-order valence-corrected chi connectivity index (χ2v) is 6.14. The second kappa shape index (κ2) is 6.28. The molecule has 27 heavy (non-hydrogen) atoms. The Kier molecular flexibility index (Phi) is 3.92. The first-order valence-corrected chi connectivity index (χ1v) is 8.35. The molecule has 0 aliphatic carbocycles. The van der Waals surface area contributed by atoms with Crippen LogP contribution in [0.25, 0.3) is 28.1 Å². The summed E-state index contributed by atoms with van der Waals surface area (Å²) in [7, 11) is 3.11. The summed E-state index contributed by atoms with van der Waals surface area (Å²) >= 11 is 0. The van der Waals surface area contributed by atoms with E-state index in [0.717, 1.165) is 11.0 Å². The number of hydrogen-bond acceptors (Lipinski definition) is 5. The largest absolute Gasteiger partial charge is 0.505 e. The molecular weight excluding hydrogens is 346 g/mol. The Labute approximate surface area is 155 Å². The zero-order valence-corrected chi connectivity index (χ0v) is 15.1. The molecule has 2 aromatic heterocycles. The highest BCUT2D eigenvalue weighted by molar-refractivity contribution is 5.83. The summed E-state index contributed by atoms with van der Waals surface area (Å²) in [6.07, 6.45) is 0. The second-order valence-electron chi connectivity index (χ2n) is 6.14. The SMILES string of the molecule is COc1cc(OC)cc(-n2c(C)c(O)c(-c3nc4ccccc4[nH]3)c2O)c1. The van der Waals surface area contributed by atoms with E-state index in [0.29, 0.717) is 28.7 Å². The van der Waals surface area contributed by atoms with E-state index in [9.17, 15) is 10.2 Å². The van der Waals surface area contributed by atoms with E-state index in [1.807, 2.05) is 24.3 Å². The summed E-state index contributed by atoms with van der Waals surface area (Å²) < 4.78 is 12.1. The number of benzene rings is 2. The number of ether oxygens (including phenoxy) is 2. The Balaban J connectivity index is 1.93. The van der Waals surface area contributed by atoms with Crippen molar-refractivity contribution in [1.82, 2.24) is 14.5 Å². The van der Waals surface area contributed by atoms with E-state index in [2.05, 4.69) is 9.97 Å². The zero-order valence-electron chi connectivity index (χ0n) is 15.1. The van der Waals surface area contributed by atoms with Gasteiger partial charge in [0.05, 0.1) is 36.6 Å². The summed E-state index contributed by atoms with van der Waals surface area (Å²) in [5.41, 5.74) is 2.88. The normalized spacial score (nSPS) is 11.1. The van der Waals surface area contributed by atoms with E-state index in [-0.39, 0.29) is 17.2 Å². The smallest absolute Gasteiger partial charge is 0.211 e. The lowest BCUT2D eigenvalue weighted by Gasteiger charge is -2.12. The minimum atomic E-state index is -0.126. The molecule has 0 fully saturated rings. The molecule has 0 radical (unpaired) electrons. The van der Waals surface area contributed by atoms with Crippen LogP contribution in [0, 0.1) is 6.92 Å². The molecule has 0 spiro atoms. The van der Waals surface area contributed by atoms with Crippen LogP contribution < -0.4 is 9.47 Å². The average molecular weight is 365 g/mol. The van der Waals surface area contributed by atoms with Crippen molar-refractivity contribution in [1.29, 1.82) is 0 Å². The molecule has 0 amide bonds. The molecule has 138 valence electrons. The van der Waals surface area contributed by atoms with Crippen LogP contribution in [0.1, 0.15) is 5.69 Å². The Morgan fingerprint density at radius 3 is 2.30 bits per heavy atom. The number of nitrogens with zero attached hydrogens (tertiary/aromatic N) is 2. The molecule has 7 heteroatoms. The van der Waals surface area contributed by atoms with Crippen LogP contribution in [0.2, 0.25) is 0 Å². The van der Waals surface area contributed by atoms with E-state index in [4.69, 9.17) is 9.47 Å². The fraction of sp³-hybridized carbons (Fsp3) is 0.150. The zero-order chi connectivity index (χ0) is 19.1. The number of para-hydroxylation sites is 2. The molecule has 0 aliphatic heterocycles. The van der Waals surface area contributed by atoms with Gasteiger partial charge in [-0.05, 0) is 19.1 Å². The number of nitrogens with one attached hydrogen (secondary N) is 1. The van der Waals surface area contributed by atoms with Crippen LogP contribution in [0.3, 0.4) is 0 Å². The third-order valence-electron chi connectivity index (χ3n) is 4.57. The average Bonchev–Trinajstić information content (AvgIpc) is 3.19. The molecule has 0 bridgehead atoms. The van der Waals surface area contributed by atoms with Gasteiger partial charge in [0.25, 0.3) is 0 Å². The Morgan fingerprint density at radius 1 is 1.00 bits per heavy atom. The van der Waals surface area contributed by atoms with Gasteiger partial charge in [0.15, 0.2) is 5.75 Å². The standard InChI is InChI=1S/C20H19N3O4/c1-11-18(24)17(19-21-15-6-4-5-7-16(15)22-19)20(25)23(11)12-8-13(26-2)10-14(9-12)27-3/h4-10,24-25H,1-3H3,(H,21,22).